The summed E-state index contributed by atoms with van der Waals surface area (Å²) in [6, 6.07) is 4.64. The summed E-state index contributed by atoms with van der Waals surface area (Å²) in [6.45, 7) is 1.68. The number of hydrogen-bond donors (Lipinski definition) is 2. The van der Waals surface area contributed by atoms with Crippen LogP contribution < -0.4 is 5.32 Å². The van der Waals surface area contributed by atoms with Crippen LogP contribution >= 0.6 is 0 Å². The quantitative estimate of drug-likeness (QED) is 0.815. The van der Waals surface area contributed by atoms with E-state index in [-0.39, 0.29) is 18.1 Å². The molecule has 0 aliphatic carbocycles. The van der Waals surface area contributed by atoms with Gasteiger partial charge in [-0.2, -0.15) is 0 Å². The van der Waals surface area contributed by atoms with Crippen LogP contribution in [0.5, 0.6) is 0 Å². The molecule has 0 saturated carbocycles. The third-order valence-electron chi connectivity index (χ3n) is 2.32. The normalized spacial score (nSPS) is 11.9. The number of amides is 1. The highest BCUT2D eigenvalue weighted by Gasteiger charge is 2.17. The highest BCUT2D eigenvalue weighted by Crippen LogP contribution is 2.04. The number of carbonyl (C=O) groups is 2. The number of carboxylic acids is 1. The number of halogens is 1. The van der Waals surface area contributed by atoms with E-state index in [9.17, 15) is 14.0 Å². The van der Waals surface area contributed by atoms with Gasteiger partial charge in [0.1, 0.15) is 11.9 Å². The van der Waals surface area contributed by atoms with Gasteiger partial charge in [-0.1, -0.05) is 19.1 Å². The second-order valence-electron chi connectivity index (χ2n) is 3.67. The van der Waals surface area contributed by atoms with E-state index in [2.05, 4.69) is 5.32 Å². The lowest BCUT2D eigenvalue weighted by Gasteiger charge is -2.12. The van der Waals surface area contributed by atoms with Crippen molar-refractivity contribution in [1.82, 2.24) is 5.32 Å². The fraction of sp³-hybridized carbons (Fsp3) is 0.333. The molecular weight excluding hydrogens is 225 g/mol. The Morgan fingerprint density at radius 2 is 1.94 bits per heavy atom. The molecule has 1 atom stereocenters. The average Bonchev–Trinajstić information content (AvgIpc) is 2.28. The van der Waals surface area contributed by atoms with Crippen LogP contribution in [-0.2, 0) is 16.0 Å². The Hall–Kier alpha value is -1.91. The van der Waals surface area contributed by atoms with E-state index < -0.39 is 12.0 Å². The van der Waals surface area contributed by atoms with Gasteiger partial charge in [0.05, 0.1) is 6.42 Å². The van der Waals surface area contributed by atoms with Gasteiger partial charge in [-0.3, -0.25) is 4.79 Å². The van der Waals surface area contributed by atoms with E-state index >= 15 is 0 Å². The maximum Gasteiger partial charge on any atom is 0.326 e. The second kappa shape index (κ2) is 5.98. The summed E-state index contributed by atoms with van der Waals surface area (Å²) in [4.78, 5) is 22.2. The monoisotopic (exact) mass is 239 g/mol. The molecule has 0 aromatic heterocycles. The van der Waals surface area contributed by atoms with Crippen LogP contribution in [0.25, 0.3) is 0 Å². The molecule has 17 heavy (non-hydrogen) atoms. The van der Waals surface area contributed by atoms with Crippen molar-refractivity contribution in [2.24, 2.45) is 0 Å². The van der Waals surface area contributed by atoms with Crippen LogP contribution in [0.3, 0.4) is 0 Å². The van der Waals surface area contributed by atoms with E-state index in [1.54, 1.807) is 6.92 Å². The summed E-state index contributed by atoms with van der Waals surface area (Å²) in [5, 5.41) is 11.2. The van der Waals surface area contributed by atoms with Gasteiger partial charge in [-0.05, 0) is 24.1 Å². The lowest BCUT2D eigenvalue weighted by Crippen LogP contribution is -2.40. The third-order valence-corrected chi connectivity index (χ3v) is 2.32. The van der Waals surface area contributed by atoms with Crippen molar-refractivity contribution >= 4 is 11.9 Å². The molecule has 0 heterocycles. The molecule has 2 N–H and O–H groups in total. The van der Waals surface area contributed by atoms with E-state index in [0.29, 0.717) is 12.0 Å². The summed E-state index contributed by atoms with van der Waals surface area (Å²) in [5.41, 5.74) is 0.643. The molecule has 0 unspecified atom stereocenters. The molecule has 1 aromatic carbocycles. The number of benzene rings is 1. The first-order valence-electron chi connectivity index (χ1n) is 5.29. The minimum absolute atomic E-state index is 0.0457. The maximum atomic E-state index is 12.6. The number of carboxylic acid groups (broad SMARTS) is 1. The molecule has 4 nitrogen and oxygen atoms in total. The molecule has 0 aliphatic rings. The van der Waals surface area contributed by atoms with Crippen LogP contribution in [0.2, 0.25) is 0 Å². The standard InChI is InChI=1S/C12H14FNO3/c1-2-10(12(16)17)14-11(15)7-8-3-5-9(13)6-4-8/h3-6,10H,2,7H2,1H3,(H,14,15)(H,16,17)/t10-/m1/s1. The van der Waals surface area contributed by atoms with Gasteiger partial charge in [0.15, 0.2) is 0 Å². The number of hydrogen-bond acceptors (Lipinski definition) is 2. The van der Waals surface area contributed by atoms with Crippen LogP contribution in [0, 0.1) is 5.82 Å². The maximum absolute atomic E-state index is 12.6. The van der Waals surface area contributed by atoms with E-state index in [0.717, 1.165) is 0 Å². The molecule has 0 aliphatic heterocycles. The van der Waals surface area contributed by atoms with Gasteiger partial charge in [-0.25, -0.2) is 9.18 Å². The lowest BCUT2D eigenvalue weighted by atomic mass is 10.1. The van der Waals surface area contributed by atoms with Crippen molar-refractivity contribution in [2.75, 3.05) is 0 Å². The highest BCUT2D eigenvalue weighted by atomic mass is 19.1. The average molecular weight is 239 g/mol. The van der Waals surface area contributed by atoms with Crippen molar-refractivity contribution in [2.45, 2.75) is 25.8 Å². The third kappa shape index (κ3) is 4.22. The Morgan fingerprint density at radius 3 is 2.41 bits per heavy atom. The van der Waals surface area contributed by atoms with Crippen molar-refractivity contribution in [1.29, 1.82) is 0 Å². The summed E-state index contributed by atoms with van der Waals surface area (Å²) < 4.78 is 12.6. The number of carbonyl (C=O) groups excluding carboxylic acids is 1. The summed E-state index contributed by atoms with van der Waals surface area (Å²) in [7, 11) is 0. The SMILES string of the molecule is CC[C@@H](NC(=O)Cc1ccc(F)cc1)C(=O)O. The van der Waals surface area contributed by atoms with E-state index in [1.807, 2.05) is 0 Å². The summed E-state index contributed by atoms with van der Waals surface area (Å²) >= 11 is 0. The topological polar surface area (TPSA) is 66.4 Å². The van der Waals surface area contributed by atoms with Crippen LogP contribution in [0.4, 0.5) is 4.39 Å². The van der Waals surface area contributed by atoms with Crippen LogP contribution in [0.1, 0.15) is 18.9 Å². The van der Waals surface area contributed by atoms with Gasteiger partial charge in [0, 0.05) is 0 Å². The number of rotatable bonds is 5. The van der Waals surface area contributed by atoms with Gasteiger partial charge < -0.3 is 10.4 Å². The number of nitrogens with one attached hydrogen (secondary N) is 1. The first kappa shape index (κ1) is 13.2. The Morgan fingerprint density at radius 1 is 1.35 bits per heavy atom. The molecule has 0 fully saturated rings. The van der Waals surface area contributed by atoms with Crippen LogP contribution in [-0.4, -0.2) is 23.0 Å². The zero-order valence-corrected chi connectivity index (χ0v) is 9.44. The number of aliphatic carboxylic acids is 1. The summed E-state index contributed by atoms with van der Waals surface area (Å²) in [5.74, 6) is -1.81. The van der Waals surface area contributed by atoms with E-state index in [1.165, 1.54) is 24.3 Å². The van der Waals surface area contributed by atoms with Crippen LogP contribution in [0.15, 0.2) is 24.3 Å². The second-order valence-corrected chi connectivity index (χ2v) is 3.67. The molecular formula is C12H14FNO3. The van der Waals surface area contributed by atoms with Crippen molar-refractivity contribution in [3.8, 4) is 0 Å². The van der Waals surface area contributed by atoms with Crippen molar-refractivity contribution < 1.29 is 19.1 Å². The predicted molar refractivity (Wildman–Crippen MR) is 60.0 cm³/mol. The van der Waals surface area contributed by atoms with Gasteiger partial charge in [-0.15, -0.1) is 0 Å². The van der Waals surface area contributed by atoms with Crippen molar-refractivity contribution in [3.05, 3.63) is 35.6 Å². The zero-order chi connectivity index (χ0) is 12.8. The minimum Gasteiger partial charge on any atom is -0.480 e. The predicted octanol–water partition coefficient (Wildman–Crippen LogP) is 1.35. The van der Waals surface area contributed by atoms with Gasteiger partial charge >= 0.3 is 5.97 Å². The Labute approximate surface area is 98.5 Å². The summed E-state index contributed by atoms with van der Waals surface area (Å²) in [6.07, 6.45) is 0.370. The minimum atomic E-state index is -1.06. The molecule has 0 saturated heterocycles. The fourth-order valence-corrected chi connectivity index (χ4v) is 1.37. The largest absolute Gasteiger partial charge is 0.480 e. The molecule has 5 heteroatoms. The lowest BCUT2D eigenvalue weighted by molar-refractivity contribution is -0.141. The Kier molecular flexibility index (Phi) is 4.63. The Bertz CT molecular complexity index is 403. The molecule has 1 aromatic rings. The Balaban J connectivity index is 2.54. The molecule has 0 bridgehead atoms. The molecule has 1 rings (SSSR count). The molecule has 92 valence electrons. The fourth-order valence-electron chi connectivity index (χ4n) is 1.37. The van der Waals surface area contributed by atoms with Gasteiger partial charge in [0.2, 0.25) is 5.91 Å². The molecule has 0 spiro atoms. The smallest absolute Gasteiger partial charge is 0.326 e. The van der Waals surface area contributed by atoms with Gasteiger partial charge in [0.25, 0.3) is 0 Å². The van der Waals surface area contributed by atoms with E-state index in [4.69, 9.17) is 5.11 Å². The highest BCUT2D eigenvalue weighted by molar-refractivity contribution is 5.84. The van der Waals surface area contributed by atoms with Crippen molar-refractivity contribution in [3.63, 3.8) is 0 Å². The first-order valence-corrected chi connectivity index (χ1v) is 5.29. The molecule has 0 radical (unpaired) electrons. The zero-order valence-electron chi connectivity index (χ0n) is 9.44. The first-order chi connectivity index (χ1) is 8.02. The molecule has 1 amide bonds.